The molecule has 0 bridgehead atoms. The number of ether oxygens (including phenoxy) is 1. The number of hydrogen-bond acceptors (Lipinski definition) is 5. The lowest BCUT2D eigenvalue weighted by Crippen LogP contribution is -2.39. The van der Waals surface area contributed by atoms with Gasteiger partial charge in [-0.3, -0.25) is 0 Å². The number of nitrogens with one attached hydrogen (secondary N) is 1. The monoisotopic (exact) mass is 482 g/mol. The molecule has 1 heterocycles. The van der Waals surface area contributed by atoms with Gasteiger partial charge >= 0.3 is 16.1 Å². The highest BCUT2D eigenvalue weighted by molar-refractivity contribution is 9.10. The van der Waals surface area contributed by atoms with Crippen molar-refractivity contribution in [1.82, 2.24) is 4.90 Å². The summed E-state index contributed by atoms with van der Waals surface area (Å²) in [4.78, 5) is 14.6. The summed E-state index contributed by atoms with van der Waals surface area (Å²) >= 11 is 3.38. The van der Waals surface area contributed by atoms with Gasteiger partial charge in [0.2, 0.25) is 0 Å². The summed E-state index contributed by atoms with van der Waals surface area (Å²) in [6, 6.07) is 13.8. The minimum absolute atomic E-state index is 0.0125. The van der Waals surface area contributed by atoms with E-state index in [9.17, 15) is 13.2 Å². The number of halogens is 1. The van der Waals surface area contributed by atoms with Gasteiger partial charge in [0.05, 0.1) is 12.4 Å². The summed E-state index contributed by atoms with van der Waals surface area (Å²) in [6.07, 6.45) is 2.92. The molecular formula is C20H23BrN2O5S. The van der Waals surface area contributed by atoms with E-state index in [0.29, 0.717) is 25.4 Å². The Bertz CT molecular complexity index is 926. The average Bonchev–Trinajstić information content (AvgIpc) is 3.16. The van der Waals surface area contributed by atoms with Crippen molar-refractivity contribution in [2.24, 2.45) is 0 Å². The van der Waals surface area contributed by atoms with Crippen molar-refractivity contribution in [2.75, 3.05) is 24.7 Å². The number of hydrogen-bond donors (Lipinski definition) is 1. The molecule has 2 aromatic rings. The quantitative estimate of drug-likeness (QED) is 0.602. The molecule has 7 nitrogen and oxygen atoms in total. The maximum absolute atomic E-state index is 12.9. The third kappa shape index (κ3) is 7.02. The third-order valence-corrected chi connectivity index (χ3v) is 5.40. The van der Waals surface area contributed by atoms with Crippen molar-refractivity contribution >= 4 is 37.8 Å². The Morgan fingerprint density at radius 2 is 1.90 bits per heavy atom. The van der Waals surface area contributed by atoms with Gasteiger partial charge in [-0.2, -0.15) is 8.42 Å². The first kappa shape index (κ1) is 21.6. The fourth-order valence-corrected chi connectivity index (χ4v) is 3.76. The average molecular weight is 483 g/mol. The molecule has 2 amide bonds. The van der Waals surface area contributed by atoms with E-state index >= 15 is 0 Å². The summed E-state index contributed by atoms with van der Waals surface area (Å²) < 4.78 is 34.0. The summed E-state index contributed by atoms with van der Waals surface area (Å²) in [5, 5.41) is 2.91. The van der Waals surface area contributed by atoms with Gasteiger partial charge < -0.3 is 19.1 Å². The van der Waals surface area contributed by atoms with Crippen LogP contribution in [0.25, 0.3) is 0 Å². The van der Waals surface area contributed by atoms with E-state index in [1.165, 1.54) is 0 Å². The van der Waals surface area contributed by atoms with E-state index in [4.69, 9.17) is 8.92 Å². The lowest BCUT2D eigenvalue weighted by molar-refractivity contribution is 0.0819. The van der Waals surface area contributed by atoms with Crippen LogP contribution in [0.2, 0.25) is 0 Å². The van der Waals surface area contributed by atoms with Crippen LogP contribution in [0.3, 0.4) is 0 Å². The molecule has 156 valence electrons. The Morgan fingerprint density at radius 3 is 2.48 bits per heavy atom. The minimum Gasteiger partial charge on any atom is -0.383 e. The standard InChI is InChI=1S/C20H23BrN2O5S/c1-29(25,26)28-18-10-4-15(5-11-18)13-23(14-19-3-2-12-27-19)20(24)22-17-8-6-16(21)7-9-17/h4-11,19H,2-3,12-14H2,1H3,(H,22,24)/t19-/m0/s1. The second-order valence-electron chi connectivity index (χ2n) is 6.88. The maximum Gasteiger partial charge on any atom is 0.322 e. The SMILES string of the molecule is CS(=O)(=O)Oc1ccc(CN(C[C@@H]2CCCO2)C(=O)Nc2ccc(Br)cc2)cc1. The molecule has 1 N–H and O–H groups in total. The molecule has 0 saturated carbocycles. The second kappa shape index (κ2) is 9.60. The van der Waals surface area contributed by atoms with Crippen molar-refractivity contribution in [3.05, 3.63) is 58.6 Å². The van der Waals surface area contributed by atoms with E-state index in [-0.39, 0.29) is 17.9 Å². The molecule has 1 fully saturated rings. The van der Waals surface area contributed by atoms with E-state index in [1.54, 1.807) is 29.2 Å². The number of anilines is 1. The van der Waals surface area contributed by atoms with Crippen LogP contribution >= 0.6 is 15.9 Å². The summed E-state index contributed by atoms with van der Waals surface area (Å²) in [6.45, 7) is 1.55. The van der Waals surface area contributed by atoms with Crippen LogP contribution in [0.15, 0.2) is 53.0 Å². The van der Waals surface area contributed by atoms with Gasteiger partial charge in [0.25, 0.3) is 0 Å². The fourth-order valence-electron chi connectivity index (χ4n) is 3.03. The largest absolute Gasteiger partial charge is 0.383 e. The van der Waals surface area contributed by atoms with Crippen molar-refractivity contribution in [1.29, 1.82) is 0 Å². The topological polar surface area (TPSA) is 84.9 Å². The fraction of sp³-hybridized carbons (Fsp3) is 0.350. The Hall–Kier alpha value is -2.10. The zero-order chi connectivity index (χ0) is 20.9. The Labute approximate surface area is 179 Å². The van der Waals surface area contributed by atoms with Gasteiger partial charge in [0.1, 0.15) is 5.75 Å². The molecule has 1 atom stereocenters. The maximum atomic E-state index is 12.9. The van der Waals surface area contributed by atoms with E-state index in [0.717, 1.165) is 29.1 Å². The highest BCUT2D eigenvalue weighted by Gasteiger charge is 2.23. The number of nitrogens with zero attached hydrogens (tertiary/aromatic N) is 1. The van der Waals surface area contributed by atoms with Crippen LogP contribution in [0.1, 0.15) is 18.4 Å². The van der Waals surface area contributed by atoms with Crippen LogP contribution in [0.5, 0.6) is 5.75 Å². The Morgan fingerprint density at radius 1 is 1.21 bits per heavy atom. The van der Waals surface area contributed by atoms with Crippen LogP contribution in [0.4, 0.5) is 10.5 Å². The molecule has 9 heteroatoms. The number of carbonyl (C=O) groups excluding carboxylic acids is 1. The molecule has 0 spiro atoms. The predicted octanol–water partition coefficient (Wildman–Crippen LogP) is 4.00. The summed E-state index contributed by atoms with van der Waals surface area (Å²) in [5.74, 6) is 0.237. The molecule has 1 aliphatic heterocycles. The molecule has 1 aliphatic rings. The number of urea groups is 1. The Balaban J connectivity index is 1.70. The minimum atomic E-state index is -3.57. The van der Waals surface area contributed by atoms with E-state index < -0.39 is 10.1 Å². The smallest absolute Gasteiger partial charge is 0.322 e. The first-order valence-corrected chi connectivity index (χ1v) is 11.8. The van der Waals surface area contributed by atoms with Crippen molar-refractivity contribution in [2.45, 2.75) is 25.5 Å². The van der Waals surface area contributed by atoms with Gasteiger partial charge in [-0.25, -0.2) is 4.79 Å². The van der Waals surface area contributed by atoms with E-state index in [2.05, 4.69) is 21.2 Å². The molecule has 3 rings (SSSR count). The highest BCUT2D eigenvalue weighted by Crippen LogP contribution is 2.20. The van der Waals surface area contributed by atoms with Crippen LogP contribution < -0.4 is 9.50 Å². The van der Waals surface area contributed by atoms with Gasteiger partial charge in [0, 0.05) is 29.9 Å². The summed E-state index contributed by atoms with van der Waals surface area (Å²) in [5.41, 5.74) is 1.56. The van der Waals surface area contributed by atoms with Gasteiger partial charge in [-0.15, -0.1) is 0 Å². The van der Waals surface area contributed by atoms with Crippen molar-refractivity contribution in [3.8, 4) is 5.75 Å². The van der Waals surface area contributed by atoms with Gasteiger partial charge in [-0.1, -0.05) is 28.1 Å². The highest BCUT2D eigenvalue weighted by atomic mass is 79.9. The number of amides is 2. The first-order chi connectivity index (χ1) is 13.8. The van der Waals surface area contributed by atoms with E-state index in [1.807, 2.05) is 24.3 Å². The van der Waals surface area contributed by atoms with Crippen molar-refractivity contribution in [3.63, 3.8) is 0 Å². The number of rotatable bonds is 7. The molecular weight excluding hydrogens is 460 g/mol. The van der Waals surface area contributed by atoms with Crippen molar-refractivity contribution < 1.29 is 22.1 Å². The lowest BCUT2D eigenvalue weighted by Gasteiger charge is -2.26. The van der Waals surface area contributed by atoms with Crippen LogP contribution in [0, 0.1) is 0 Å². The second-order valence-corrected chi connectivity index (χ2v) is 9.37. The number of benzene rings is 2. The third-order valence-electron chi connectivity index (χ3n) is 4.38. The zero-order valence-electron chi connectivity index (χ0n) is 16.0. The molecule has 0 radical (unpaired) electrons. The predicted molar refractivity (Wildman–Crippen MR) is 114 cm³/mol. The molecule has 0 unspecified atom stereocenters. The van der Waals surface area contributed by atoms with Gasteiger partial charge in [-0.05, 0) is 54.8 Å². The number of carbonyl (C=O) groups is 1. The molecule has 2 aromatic carbocycles. The molecule has 0 aliphatic carbocycles. The normalized spacial score (nSPS) is 16.4. The Kier molecular flexibility index (Phi) is 7.15. The first-order valence-electron chi connectivity index (χ1n) is 9.20. The molecule has 0 aromatic heterocycles. The van der Waals surface area contributed by atoms with Crippen LogP contribution in [-0.4, -0.2) is 44.9 Å². The van der Waals surface area contributed by atoms with Gasteiger partial charge in [0.15, 0.2) is 0 Å². The molecule has 1 saturated heterocycles. The molecule has 29 heavy (non-hydrogen) atoms. The summed E-state index contributed by atoms with van der Waals surface area (Å²) in [7, 11) is -3.57. The lowest BCUT2D eigenvalue weighted by atomic mass is 10.2. The zero-order valence-corrected chi connectivity index (χ0v) is 18.4. The van der Waals surface area contributed by atoms with Crippen LogP contribution in [-0.2, 0) is 21.4 Å².